The molecule has 7 nitrogen and oxygen atoms in total. The van der Waals surface area contributed by atoms with E-state index in [1.165, 1.54) is 39.7 Å². The standard InChI is InChI=1S/C19H15BrO7/c1-8-14(20)17(23)16(22)13-10(7-27-18(8)13)15(21)9-5-11(24-2)19(26-4)12(6-9)25-3/h5-7H,1-4H3. The van der Waals surface area contributed by atoms with Gasteiger partial charge in [-0.05, 0) is 35.0 Å². The molecule has 0 saturated carbocycles. The molecule has 0 unspecified atom stereocenters. The highest BCUT2D eigenvalue weighted by molar-refractivity contribution is 9.12. The van der Waals surface area contributed by atoms with E-state index in [1.54, 1.807) is 6.92 Å². The molecule has 27 heavy (non-hydrogen) atoms. The van der Waals surface area contributed by atoms with Crippen LogP contribution in [-0.4, -0.2) is 38.7 Å². The lowest BCUT2D eigenvalue weighted by molar-refractivity contribution is -0.111. The Balaban J connectivity index is 2.16. The van der Waals surface area contributed by atoms with Crippen molar-refractivity contribution >= 4 is 38.9 Å². The summed E-state index contributed by atoms with van der Waals surface area (Å²) in [5.41, 5.74) is 0.606. The fourth-order valence-corrected chi connectivity index (χ4v) is 3.24. The van der Waals surface area contributed by atoms with Crippen LogP contribution in [0.1, 0.15) is 39.0 Å². The molecule has 0 saturated heterocycles. The zero-order valence-corrected chi connectivity index (χ0v) is 16.6. The second-order valence-electron chi connectivity index (χ2n) is 5.69. The topological polar surface area (TPSA) is 92.0 Å². The van der Waals surface area contributed by atoms with E-state index in [1.807, 2.05) is 0 Å². The number of carbonyl (C=O) groups excluding carboxylic acids is 3. The normalized spacial score (nSPS) is 13.5. The molecule has 8 heteroatoms. The van der Waals surface area contributed by atoms with E-state index in [0.717, 1.165) is 0 Å². The highest BCUT2D eigenvalue weighted by atomic mass is 79.9. The third kappa shape index (κ3) is 2.86. The summed E-state index contributed by atoms with van der Waals surface area (Å²) >= 11 is 3.09. The minimum absolute atomic E-state index is 0.00280. The molecule has 1 aliphatic carbocycles. The van der Waals surface area contributed by atoms with E-state index < -0.39 is 17.3 Å². The summed E-state index contributed by atoms with van der Waals surface area (Å²) in [5, 5.41) is 0. The molecule has 1 aliphatic rings. The number of halogens is 1. The maximum absolute atomic E-state index is 13.1. The molecule has 0 radical (unpaired) electrons. The number of methoxy groups -OCH3 is 3. The fourth-order valence-electron chi connectivity index (χ4n) is 2.88. The van der Waals surface area contributed by atoms with Crippen molar-refractivity contribution in [3.8, 4) is 17.2 Å². The average Bonchev–Trinajstić information content (AvgIpc) is 3.13. The van der Waals surface area contributed by atoms with Crippen molar-refractivity contribution in [3.05, 3.63) is 45.3 Å². The molecular formula is C19H15BrO7. The van der Waals surface area contributed by atoms with E-state index in [9.17, 15) is 14.4 Å². The second kappa shape index (κ2) is 7.03. The molecule has 140 valence electrons. The first-order valence-electron chi connectivity index (χ1n) is 7.77. The third-order valence-electron chi connectivity index (χ3n) is 4.27. The summed E-state index contributed by atoms with van der Waals surface area (Å²) in [4.78, 5) is 37.6. The molecule has 1 aromatic carbocycles. The number of hydrogen-bond donors (Lipinski definition) is 0. The van der Waals surface area contributed by atoms with Crippen molar-refractivity contribution in [2.45, 2.75) is 6.92 Å². The van der Waals surface area contributed by atoms with Gasteiger partial charge in [-0.3, -0.25) is 14.4 Å². The summed E-state index contributed by atoms with van der Waals surface area (Å²) in [7, 11) is 4.31. The second-order valence-corrected chi connectivity index (χ2v) is 6.49. The first kappa shape index (κ1) is 18.9. The van der Waals surface area contributed by atoms with Crippen LogP contribution in [0.15, 0.2) is 27.3 Å². The summed E-state index contributed by atoms with van der Waals surface area (Å²) < 4.78 is 21.3. The first-order valence-corrected chi connectivity index (χ1v) is 8.56. The average molecular weight is 435 g/mol. The van der Waals surface area contributed by atoms with Gasteiger partial charge in [-0.1, -0.05) is 0 Å². The van der Waals surface area contributed by atoms with Gasteiger partial charge < -0.3 is 18.6 Å². The van der Waals surface area contributed by atoms with Crippen LogP contribution in [0.2, 0.25) is 0 Å². The van der Waals surface area contributed by atoms with Gasteiger partial charge >= 0.3 is 0 Å². The quantitative estimate of drug-likeness (QED) is 0.525. The van der Waals surface area contributed by atoms with Crippen LogP contribution in [0.4, 0.5) is 0 Å². The highest BCUT2D eigenvalue weighted by Gasteiger charge is 2.37. The smallest absolute Gasteiger partial charge is 0.241 e. The van der Waals surface area contributed by atoms with E-state index >= 15 is 0 Å². The monoisotopic (exact) mass is 434 g/mol. The van der Waals surface area contributed by atoms with E-state index in [0.29, 0.717) is 22.8 Å². The van der Waals surface area contributed by atoms with Crippen LogP contribution in [0.3, 0.4) is 0 Å². The molecule has 3 rings (SSSR count). The molecule has 0 N–H and O–H groups in total. The van der Waals surface area contributed by atoms with Gasteiger partial charge in [0.2, 0.25) is 17.3 Å². The maximum Gasteiger partial charge on any atom is 0.241 e. The van der Waals surface area contributed by atoms with Gasteiger partial charge in [0.15, 0.2) is 17.3 Å². The summed E-state index contributed by atoms with van der Waals surface area (Å²) in [5.74, 6) is -0.918. The molecule has 0 atom stereocenters. The van der Waals surface area contributed by atoms with Gasteiger partial charge in [0, 0.05) is 11.1 Å². The Kier molecular flexibility index (Phi) is 4.93. The summed E-state index contributed by atoms with van der Waals surface area (Å²) in [6.07, 6.45) is 1.18. The Labute approximate surface area is 163 Å². The lowest BCUT2D eigenvalue weighted by Crippen LogP contribution is -2.22. The van der Waals surface area contributed by atoms with E-state index in [-0.39, 0.29) is 26.9 Å². The molecule has 0 amide bonds. The van der Waals surface area contributed by atoms with Gasteiger partial charge in [-0.15, -0.1) is 0 Å². The molecule has 0 bridgehead atoms. The van der Waals surface area contributed by atoms with Crippen LogP contribution in [0.25, 0.3) is 5.57 Å². The maximum atomic E-state index is 13.1. The predicted molar refractivity (Wildman–Crippen MR) is 99.1 cm³/mol. The number of hydrogen-bond acceptors (Lipinski definition) is 7. The number of ketones is 3. The van der Waals surface area contributed by atoms with Gasteiger partial charge in [0.25, 0.3) is 0 Å². The Bertz CT molecular complexity index is 988. The molecule has 2 aromatic rings. The van der Waals surface area contributed by atoms with Crippen LogP contribution in [-0.2, 0) is 4.79 Å². The number of carbonyl (C=O) groups is 3. The zero-order chi connectivity index (χ0) is 19.9. The number of benzene rings is 1. The number of allylic oxidation sites excluding steroid dienone is 2. The van der Waals surface area contributed by atoms with Crippen molar-refractivity contribution in [2.75, 3.05) is 21.3 Å². The Morgan fingerprint density at radius 1 is 1.00 bits per heavy atom. The first-order chi connectivity index (χ1) is 12.8. The molecule has 0 aliphatic heterocycles. The van der Waals surface area contributed by atoms with Gasteiger partial charge in [-0.25, -0.2) is 0 Å². The fraction of sp³-hybridized carbons (Fsp3) is 0.211. The van der Waals surface area contributed by atoms with Crippen molar-refractivity contribution < 1.29 is 33.0 Å². The number of furan rings is 1. The Morgan fingerprint density at radius 3 is 2.11 bits per heavy atom. The Morgan fingerprint density at radius 2 is 1.59 bits per heavy atom. The number of fused-ring (bicyclic) bond motifs is 1. The van der Waals surface area contributed by atoms with Crippen molar-refractivity contribution in [3.63, 3.8) is 0 Å². The van der Waals surface area contributed by atoms with Crippen molar-refractivity contribution in [1.29, 1.82) is 0 Å². The van der Waals surface area contributed by atoms with Gasteiger partial charge in [-0.2, -0.15) is 0 Å². The van der Waals surface area contributed by atoms with E-state index in [2.05, 4.69) is 15.9 Å². The minimum atomic E-state index is -0.799. The van der Waals surface area contributed by atoms with Gasteiger partial charge in [0.05, 0.1) is 36.9 Å². The Hall–Kier alpha value is -2.87. The summed E-state index contributed by atoms with van der Waals surface area (Å²) in [6.45, 7) is 1.63. The third-order valence-corrected chi connectivity index (χ3v) is 5.22. The largest absolute Gasteiger partial charge is 0.493 e. The van der Waals surface area contributed by atoms with Crippen molar-refractivity contribution in [1.82, 2.24) is 0 Å². The molecule has 1 aromatic heterocycles. The minimum Gasteiger partial charge on any atom is -0.493 e. The number of Topliss-reactive ketones (excluding diaryl/α,β-unsaturated/α-hetero) is 2. The molecule has 0 spiro atoms. The highest BCUT2D eigenvalue weighted by Crippen LogP contribution is 2.40. The number of ether oxygens (including phenoxy) is 3. The van der Waals surface area contributed by atoms with Crippen LogP contribution in [0.5, 0.6) is 17.2 Å². The van der Waals surface area contributed by atoms with Crippen molar-refractivity contribution in [2.24, 2.45) is 0 Å². The zero-order valence-electron chi connectivity index (χ0n) is 15.0. The van der Waals surface area contributed by atoms with E-state index in [4.69, 9.17) is 18.6 Å². The predicted octanol–water partition coefficient (Wildman–Crippen LogP) is 3.43. The van der Waals surface area contributed by atoms with Crippen LogP contribution < -0.4 is 14.2 Å². The van der Waals surface area contributed by atoms with Crippen LogP contribution >= 0.6 is 15.9 Å². The summed E-state index contributed by atoms with van der Waals surface area (Å²) in [6, 6.07) is 2.94. The number of rotatable bonds is 5. The van der Waals surface area contributed by atoms with Crippen LogP contribution in [0, 0.1) is 0 Å². The lowest BCUT2D eigenvalue weighted by atomic mass is 9.90. The lowest BCUT2D eigenvalue weighted by Gasteiger charge is -2.14. The SMILES string of the molecule is COc1cc(C(=O)c2coc3c2C(=O)C(=O)C(Br)=C3C)cc(OC)c1OC. The molecular weight excluding hydrogens is 420 g/mol. The molecule has 0 fully saturated rings. The van der Waals surface area contributed by atoms with Gasteiger partial charge in [0.1, 0.15) is 12.0 Å². The molecule has 1 heterocycles.